The van der Waals surface area contributed by atoms with Crippen LogP contribution in [0, 0.1) is 23.2 Å². The molecule has 6 nitrogen and oxygen atoms in total. The van der Waals surface area contributed by atoms with Gasteiger partial charge in [0.2, 0.25) is 0 Å². The van der Waals surface area contributed by atoms with Crippen molar-refractivity contribution in [1.29, 1.82) is 5.26 Å². The van der Waals surface area contributed by atoms with Crippen LogP contribution in [-0.2, 0) is 15.0 Å². The fraction of sp³-hybridized carbons (Fsp3) is 0.846. The maximum atomic E-state index is 12.7. The van der Waals surface area contributed by atoms with Crippen LogP contribution in [0.3, 0.4) is 0 Å². The Morgan fingerprint density at radius 2 is 1.95 bits per heavy atom. The third-order valence-corrected chi connectivity index (χ3v) is 4.06. The van der Waals surface area contributed by atoms with Crippen molar-refractivity contribution in [3.8, 4) is 6.07 Å². The van der Waals surface area contributed by atoms with E-state index >= 15 is 0 Å². The zero-order chi connectivity index (χ0) is 16.3. The minimum absolute atomic E-state index is 0.223. The molecule has 0 bridgehead atoms. The molecule has 120 valence electrons. The summed E-state index contributed by atoms with van der Waals surface area (Å²) in [7, 11) is -4.67. The second kappa shape index (κ2) is 6.60. The van der Waals surface area contributed by atoms with Gasteiger partial charge in [-0.25, -0.2) is 4.79 Å². The topological polar surface area (TPSA) is 87.5 Å². The summed E-state index contributed by atoms with van der Waals surface area (Å²) in [6.07, 6.45) is 0.507. The third-order valence-electron chi connectivity index (χ3n) is 3.30. The van der Waals surface area contributed by atoms with E-state index in [2.05, 4.69) is 0 Å². The Morgan fingerprint density at radius 1 is 1.43 bits per heavy atom. The van der Waals surface area contributed by atoms with E-state index in [1.165, 1.54) is 4.90 Å². The lowest BCUT2D eigenvalue weighted by molar-refractivity contribution is 0.0172. The molecule has 1 unspecified atom stereocenters. The van der Waals surface area contributed by atoms with Crippen molar-refractivity contribution in [3.05, 3.63) is 0 Å². The quantitative estimate of drug-likeness (QED) is 0.743. The summed E-state index contributed by atoms with van der Waals surface area (Å²) in [5.74, 6) is -1.87. The second-order valence-electron chi connectivity index (χ2n) is 6.25. The van der Waals surface area contributed by atoms with Gasteiger partial charge in [-0.1, -0.05) is 0 Å². The third kappa shape index (κ3) is 6.29. The van der Waals surface area contributed by atoms with Crippen LogP contribution in [0.5, 0.6) is 0 Å². The zero-order valence-corrected chi connectivity index (χ0v) is 13.3. The number of nitriles is 1. The van der Waals surface area contributed by atoms with Crippen LogP contribution in [0.25, 0.3) is 0 Å². The van der Waals surface area contributed by atoms with Crippen LogP contribution in [0.2, 0.25) is 0 Å². The molecule has 1 heterocycles. The molecule has 1 atom stereocenters. The molecule has 1 aliphatic rings. The molecule has 0 radical (unpaired) electrons. The predicted molar refractivity (Wildman–Crippen MR) is 74.5 cm³/mol. The average molecular weight is 320 g/mol. The predicted octanol–water partition coefficient (Wildman–Crippen LogP) is 2.07. The molecule has 0 spiro atoms. The number of nitrogens with zero attached hydrogens (tertiary/aromatic N) is 2. The number of ether oxygens (including phenoxy) is 1. The van der Waals surface area contributed by atoms with Crippen molar-refractivity contribution in [1.82, 2.24) is 4.90 Å². The van der Waals surface area contributed by atoms with Gasteiger partial charge in [-0.05, 0) is 39.5 Å². The standard InChI is InChI=1S/C13H21FN2O4S/c1-13(2,3)20-12(17)16-6-4-10(5-7-16)11(8-15)9-21(14,18)19/h10-11H,4-7,9H2,1-3H3. The summed E-state index contributed by atoms with van der Waals surface area (Å²) in [4.78, 5) is 13.4. The summed E-state index contributed by atoms with van der Waals surface area (Å²) in [5, 5.41) is 8.98. The number of rotatable bonds is 3. The van der Waals surface area contributed by atoms with Gasteiger partial charge < -0.3 is 9.64 Å². The highest BCUT2D eigenvalue weighted by Gasteiger charge is 2.32. The number of carbonyl (C=O) groups is 1. The highest BCUT2D eigenvalue weighted by Crippen LogP contribution is 2.27. The molecule has 0 saturated carbocycles. The second-order valence-corrected chi connectivity index (χ2v) is 7.66. The number of carbonyl (C=O) groups excluding carboxylic acids is 1. The van der Waals surface area contributed by atoms with E-state index < -0.39 is 33.6 Å². The Kier molecular flexibility index (Phi) is 5.56. The maximum Gasteiger partial charge on any atom is 0.410 e. The van der Waals surface area contributed by atoms with Crippen LogP contribution < -0.4 is 0 Å². The van der Waals surface area contributed by atoms with Gasteiger partial charge in [0.05, 0.1) is 17.7 Å². The fourth-order valence-electron chi connectivity index (χ4n) is 2.30. The lowest BCUT2D eigenvalue weighted by Gasteiger charge is -2.34. The van der Waals surface area contributed by atoms with Crippen LogP contribution in [0.1, 0.15) is 33.6 Å². The Bertz CT molecular complexity index is 513. The lowest BCUT2D eigenvalue weighted by atomic mass is 9.86. The summed E-state index contributed by atoms with van der Waals surface area (Å²) in [5.41, 5.74) is -0.578. The first-order chi connectivity index (χ1) is 9.52. The summed E-state index contributed by atoms with van der Waals surface area (Å²) < 4.78 is 39.3. The smallest absolute Gasteiger partial charge is 0.410 e. The van der Waals surface area contributed by atoms with Gasteiger partial charge >= 0.3 is 16.3 Å². The van der Waals surface area contributed by atoms with Gasteiger partial charge in [0.25, 0.3) is 0 Å². The summed E-state index contributed by atoms with van der Waals surface area (Å²) in [6.45, 7) is 6.08. The Morgan fingerprint density at radius 3 is 2.33 bits per heavy atom. The van der Waals surface area contributed by atoms with Gasteiger partial charge in [-0.2, -0.15) is 13.7 Å². The number of piperidine rings is 1. The van der Waals surface area contributed by atoms with E-state index in [1.807, 2.05) is 6.07 Å². The lowest BCUT2D eigenvalue weighted by Crippen LogP contribution is -2.43. The average Bonchev–Trinajstić information content (AvgIpc) is 2.33. The first-order valence-corrected chi connectivity index (χ1v) is 8.37. The van der Waals surface area contributed by atoms with Crippen molar-refractivity contribution in [3.63, 3.8) is 0 Å². The van der Waals surface area contributed by atoms with Gasteiger partial charge in [-0.15, -0.1) is 3.89 Å². The molecule has 0 aromatic rings. The molecule has 21 heavy (non-hydrogen) atoms. The van der Waals surface area contributed by atoms with E-state index in [1.54, 1.807) is 20.8 Å². The van der Waals surface area contributed by atoms with Crippen LogP contribution >= 0.6 is 0 Å². The van der Waals surface area contributed by atoms with E-state index in [9.17, 15) is 17.1 Å². The molecular formula is C13H21FN2O4S. The van der Waals surface area contributed by atoms with Crippen molar-refractivity contribution in [2.75, 3.05) is 18.8 Å². The molecule has 1 fully saturated rings. The van der Waals surface area contributed by atoms with E-state index in [4.69, 9.17) is 10.00 Å². The van der Waals surface area contributed by atoms with Crippen molar-refractivity contribution in [2.45, 2.75) is 39.2 Å². The largest absolute Gasteiger partial charge is 0.444 e. The number of hydrogen-bond donors (Lipinski definition) is 0. The molecule has 1 saturated heterocycles. The number of hydrogen-bond acceptors (Lipinski definition) is 5. The monoisotopic (exact) mass is 320 g/mol. The SMILES string of the molecule is CC(C)(C)OC(=O)N1CCC(C(C#N)CS(=O)(=O)F)CC1. The molecule has 0 aliphatic carbocycles. The summed E-state index contributed by atoms with van der Waals surface area (Å²) in [6, 6.07) is 1.86. The molecule has 1 amide bonds. The Balaban J connectivity index is 2.55. The van der Waals surface area contributed by atoms with Gasteiger partial charge in [-0.3, -0.25) is 0 Å². The van der Waals surface area contributed by atoms with E-state index in [0.29, 0.717) is 25.9 Å². The fourth-order valence-corrected chi connectivity index (χ4v) is 3.08. The molecule has 0 N–H and O–H groups in total. The highest BCUT2D eigenvalue weighted by atomic mass is 32.3. The van der Waals surface area contributed by atoms with Crippen LogP contribution in [0.15, 0.2) is 0 Å². The highest BCUT2D eigenvalue weighted by molar-refractivity contribution is 7.86. The van der Waals surface area contributed by atoms with Crippen LogP contribution in [-0.4, -0.2) is 43.9 Å². The molecular weight excluding hydrogens is 299 g/mol. The van der Waals surface area contributed by atoms with Gasteiger partial charge in [0.15, 0.2) is 0 Å². The molecule has 1 aliphatic heterocycles. The van der Waals surface area contributed by atoms with Gasteiger partial charge in [0, 0.05) is 13.1 Å². The van der Waals surface area contributed by atoms with Gasteiger partial charge in [0.1, 0.15) is 5.60 Å². The number of halogens is 1. The zero-order valence-electron chi connectivity index (χ0n) is 12.5. The normalized spacial score (nSPS) is 18.9. The van der Waals surface area contributed by atoms with E-state index in [-0.39, 0.29) is 5.92 Å². The van der Waals surface area contributed by atoms with Crippen molar-refractivity contribution in [2.24, 2.45) is 11.8 Å². The molecule has 8 heteroatoms. The van der Waals surface area contributed by atoms with Crippen molar-refractivity contribution < 1.29 is 21.8 Å². The molecule has 1 rings (SSSR count). The van der Waals surface area contributed by atoms with Crippen molar-refractivity contribution >= 4 is 16.3 Å². The maximum absolute atomic E-state index is 12.7. The van der Waals surface area contributed by atoms with E-state index in [0.717, 1.165) is 0 Å². The minimum Gasteiger partial charge on any atom is -0.444 e. The Labute approximate surface area is 125 Å². The molecule has 0 aromatic heterocycles. The Hall–Kier alpha value is -1.36. The van der Waals surface area contributed by atoms with Crippen LogP contribution in [0.4, 0.5) is 8.68 Å². The minimum atomic E-state index is -4.67. The first kappa shape index (κ1) is 17.7. The molecule has 0 aromatic carbocycles. The first-order valence-electron chi connectivity index (χ1n) is 6.82. The summed E-state index contributed by atoms with van der Waals surface area (Å²) >= 11 is 0. The number of likely N-dealkylation sites (tertiary alicyclic amines) is 1. The number of amides is 1.